The lowest BCUT2D eigenvalue weighted by atomic mass is 10.2. The van der Waals surface area contributed by atoms with Crippen molar-refractivity contribution in [3.05, 3.63) is 39.4 Å². The Balaban J connectivity index is 2.30. The summed E-state index contributed by atoms with van der Waals surface area (Å²) >= 11 is 8.62. The Morgan fingerprint density at radius 3 is 3.00 bits per heavy atom. The molecule has 1 aromatic heterocycles. The van der Waals surface area contributed by atoms with Gasteiger partial charge in [0.1, 0.15) is 6.07 Å². The van der Waals surface area contributed by atoms with Crippen LogP contribution in [0.25, 0.3) is 0 Å². The maximum atomic E-state index is 10.7. The molecule has 1 heterocycles. The molecule has 2 aromatic rings. The van der Waals surface area contributed by atoms with E-state index in [4.69, 9.17) is 22.0 Å². The van der Waals surface area contributed by atoms with Crippen LogP contribution in [0.1, 0.15) is 16.1 Å². The lowest BCUT2D eigenvalue weighted by Crippen LogP contribution is -1.99. The van der Waals surface area contributed by atoms with E-state index in [1.54, 1.807) is 25.1 Å². The maximum Gasteiger partial charge on any atom is 0.308 e. The predicted octanol–water partition coefficient (Wildman–Crippen LogP) is 3.75. The van der Waals surface area contributed by atoms with Gasteiger partial charge in [-0.3, -0.25) is 4.79 Å². The molecule has 0 aliphatic rings. The highest BCUT2D eigenvalue weighted by Crippen LogP contribution is 2.36. The van der Waals surface area contributed by atoms with Crippen molar-refractivity contribution in [2.75, 3.05) is 0 Å². The molecule has 0 saturated carbocycles. The smallest absolute Gasteiger partial charge is 0.308 e. The fourth-order valence-electron chi connectivity index (χ4n) is 1.54. The highest BCUT2D eigenvalue weighted by molar-refractivity contribution is 8.01. The van der Waals surface area contributed by atoms with E-state index in [1.165, 1.54) is 23.1 Å². The number of halogens is 1. The molecule has 0 fully saturated rings. The van der Waals surface area contributed by atoms with E-state index in [1.807, 2.05) is 0 Å². The standard InChI is InChI=1S/C13H9ClN2O2S2/c1-7-11(5-12(17)18)20-13(16-7)19-10-4-2-3-9(14)8(10)6-15/h2-4H,5H2,1H3,(H,17,18). The molecule has 1 aromatic carbocycles. The van der Waals surface area contributed by atoms with Gasteiger partial charge >= 0.3 is 5.97 Å². The number of aromatic nitrogens is 1. The molecule has 0 unspecified atom stereocenters. The molecular formula is C13H9ClN2O2S2. The van der Waals surface area contributed by atoms with E-state index in [0.29, 0.717) is 20.6 Å². The minimum atomic E-state index is -0.881. The van der Waals surface area contributed by atoms with Crippen LogP contribution >= 0.6 is 34.7 Å². The Kier molecular flexibility index (Phi) is 4.65. The van der Waals surface area contributed by atoms with Gasteiger partial charge in [-0.25, -0.2) is 4.98 Å². The summed E-state index contributed by atoms with van der Waals surface area (Å²) < 4.78 is 0.706. The van der Waals surface area contributed by atoms with Crippen molar-refractivity contribution in [1.82, 2.24) is 4.98 Å². The number of aliphatic carboxylic acids is 1. The van der Waals surface area contributed by atoms with E-state index in [2.05, 4.69) is 11.1 Å². The summed E-state index contributed by atoms with van der Waals surface area (Å²) in [5.74, 6) is -0.881. The predicted molar refractivity (Wildman–Crippen MR) is 78.5 cm³/mol. The Labute approximate surface area is 129 Å². The summed E-state index contributed by atoms with van der Waals surface area (Å²) in [5.41, 5.74) is 1.12. The van der Waals surface area contributed by atoms with Gasteiger partial charge < -0.3 is 5.11 Å². The van der Waals surface area contributed by atoms with Crippen molar-refractivity contribution in [3.8, 4) is 6.07 Å². The minimum Gasteiger partial charge on any atom is -0.481 e. The number of carboxylic acid groups (broad SMARTS) is 1. The average molecular weight is 325 g/mol. The van der Waals surface area contributed by atoms with E-state index >= 15 is 0 Å². The minimum absolute atomic E-state index is 0.0370. The van der Waals surface area contributed by atoms with Crippen molar-refractivity contribution in [3.63, 3.8) is 0 Å². The molecule has 7 heteroatoms. The number of carboxylic acids is 1. The van der Waals surface area contributed by atoms with E-state index < -0.39 is 5.97 Å². The van der Waals surface area contributed by atoms with Crippen LogP contribution < -0.4 is 0 Å². The van der Waals surface area contributed by atoms with Gasteiger partial charge in [0, 0.05) is 9.77 Å². The lowest BCUT2D eigenvalue weighted by molar-refractivity contribution is -0.136. The van der Waals surface area contributed by atoms with Crippen LogP contribution in [0.3, 0.4) is 0 Å². The highest BCUT2D eigenvalue weighted by atomic mass is 35.5. The van der Waals surface area contributed by atoms with Crippen LogP contribution in [0.15, 0.2) is 27.4 Å². The number of nitriles is 1. The molecule has 4 nitrogen and oxygen atoms in total. The average Bonchev–Trinajstić information content (AvgIpc) is 2.69. The Bertz CT molecular complexity index is 707. The SMILES string of the molecule is Cc1nc(Sc2cccc(Cl)c2C#N)sc1CC(=O)O. The van der Waals surface area contributed by atoms with Gasteiger partial charge in [-0.15, -0.1) is 11.3 Å². The van der Waals surface area contributed by atoms with Gasteiger partial charge in [-0.1, -0.05) is 29.4 Å². The first kappa shape index (κ1) is 14.9. The maximum absolute atomic E-state index is 10.7. The van der Waals surface area contributed by atoms with Crippen molar-refractivity contribution < 1.29 is 9.90 Å². The third kappa shape index (κ3) is 3.31. The summed E-state index contributed by atoms with van der Waals surface area (Å²) in [6.45, 7) is 1.78. The largest absolute Gasteiger partial charge is 0.481 e. The van der Waals surface area contributed by atoms with Crippen LogP contribution in [0, 0.1) is 18.3 Å². The first-order valence-corrected chi connectivity index (χ1v) is 7.57. The summed E-state index contributed by atoms with van der Waals surface area (Å²) in [4.78, 5) is 16.5. The molecule has 0 aliphatic heterocycles. The molecule has 0 aliphatic carbocycles. The van der Waals surface area contributed by atoms with Crippen LogP contribution in [-0.4, -0.2) is 16.1 Å². The van der Waals surface area contributed by atoms with E-state index in [9.17, 15) is 4.79 Å². The third-order valence-electron chi connectivity index (χ3n) is 2.47. The van der Waals surface area contributed by atoms with Crippen molar-refractivity contribution in [2.45, 2.75) is 22.6 Å². The molecule has 0 spiro atoms. The van der Waals surface area contributed by atoms with Gasteiger partial charge in [0.05, 0.1) is 22.7 Å². The number of hydrogen-bond donors (Lipinski definition) is 1. The molecule has 0 atom stereocenters. The topological polar surface area (TPSA) is 74.0 Å². The number of nitrogens with zero attached hydrogens (tertiary/aromatic N) is 2. The van der Waals surface area contributed by atoms with Crippen molar-refractivity contribution in [1.29, 1.82) is 5.26 Å². The molecule has 2 rings (SSSR count). The van der Waals surface area contributed by atoms with E-state index in [-0.39, 0.29) is 6.42 Å². The van der Waals surface area contributed by atoms with Crippen LogP contribution in [-0.2, 0) is 11.2 Å². The molecule has 20 heavy (non-hydrogen) atoms. The summed E-state index contributed by atoms with van der Waals surface area (Å²) in [6, 6.07) is 7.29. The quantitative estimate of drug-likeness (QED) is 0.927. The first-order chi connectivity index (χ1) is 9.51. The Morgan fingerprint density at radius 1 is 1.60 bits per heavy atom. The monoisotopic (exact) mass is 324 g/mol. The number of carbonyl (C=O) groups is 1. The summed E-state index contributed by atoms with van der Waals surface area (Å²) in [6.07, 6.45) is -0.0370. The first-order valence-electron chi connectivity index (χ1n) is 5.56. The van der Waals surface area contributed by atoms with Crippen LogP contribution in [0.5, 0.6) is 0 Å². The number of thiazole rings is 1. The lowest BCUT2D eigenvalue weighted by Gasteiger charge is -2.02. The summed E-state index contributed by atoms with van der Waals surface area (Å²) in [7, 11) is 0. The summed E-state index contributed by atoms with van der Waals surface area (Å²) in [5, 5.41) is 18.3. The molecule has 0 radical (unpaired) electrons. The number of rotatable bonds is 4. The second-order valence-electron chi connectivity index (χ2n) is 3.89. The third-order valence-corrected chi connectivity index (χ3v) is 5.06. The van der Waals surface area contributed by atoms with Gasteiger partial charge in [0.2, 0.25) is 0 Å². The number of benzene rings is 1. The molecule has 0 amide bonds. The molecule has 102 valence electrons. The molecular weight excluding hydrogens is 316 g/mol. The second kappa shape index (κ2) is 6.27. The Morgan fingerprint density at radius 2 is 2.35 bits per heavy atom. The zero-order valence-corrected chi connectivity index (χ0v) is 12.8. The van der Waals surface area contributed by atoms with Gasteiger partial charge in [0.25, 0.3) is 0 Å². The van der Waals surface area contributed by atoms with Crippen molar-refractivity contribution in [2.24, 2.45) is 0 Å². The van der Waals surface area contributed by atoms with E-state index in [0.717, 1.165) is 9.77 Å². The second-order valence-corrected chi connectivity index (χ2v) is 6.67. The Hall–Kier alpha value is -1.55. The zero-order chi connectivity index (χ0) is 14.7. The van der Waals surface area contributed by atoms with Gasteiger partial charge in [0.15, 0.2) is 4.34 Å². The highest BCUT2D eigenvalue weighted by Gasteiger charge is 2.14. The normalized spacial score (nSPS) is 10.2. The van der Waals surface area contributed by atoms with Crippen LogP contribution in [0.4, 0.5) is 0 Å². The molecule has 0 saturated heterocycles. The fraction of sp³-hybridized carbons (Fsp3) is 0.154. The van der Waals surface area contributed by atoms with Gasteiger partial charge in [-0.05, 0) is 19.1 Å². The molecule has 0 bridgehead atoms. The zero-order valence-electron chi connectivity index (χ0n) is 10.4. The number of hydrogen-bond acceptors (Lipinski definition) is 5. The fourth-order valence-corrected chi connectivity index (χ4v) is 4.11. The van der Waals surface area contributed by atoms with Crippen LogP contribution in [0.2, 0.25) is 5.02 Å². The van der Waals surface area contributed by atoms with Gasteiger partial charge in [-0.2, -0.15) is 5.26 Å². The molecule has 1 N–H and O–H groups in total. The van der Waals surface area contributed by atoms with Crippen molar-refractivity contribution >= 4 is 40.7 Å². The number of aryl methyl sites for hydroxylation is 1.